The van der Waals surface area contributed by atoms with Gasteiger partial charge in [-0.25, -0.2) is 0 Å². The van der Waals surface area contributed by atoms with E-state index in [9.17, 15) is 27.9 Å². The van der Waals surface area contributed by atoms with E-state index in [1.165, 1.54) is 29.0 Å². The van der Waals surface area contributed by atoms with Gasteiger partial charge in [-0.05, 0) is 36.8 Å². The fourth-order valence-electron chi connectivity index (χ4n) is 2.95. The van der Waals surface area contributed by atoms with Gasteiger partial charge in [-0.2, -0.15) is 13.2 Å². The van der Waals surface area contributed by atoms with Crippen molar-refractivity contribution < 1.29 is 23.1 Å². The molecule has 0 saturated carbocycles. The van der Waals surface area contributed by atoms with Crippen molar-refractivity contribution >= 4 is 28.3 Å². The summed E-state index contributed by atoms with van der Waals surface area (Å²) < 4.78 is 39.1. The van der Waals surface area contributed by atoms with Gasteiger partial charge in [0.15, 0.2) is 0 Å². The molecule has 2 aromatic heterocycles. The van der Waals surface area contributed by atoms with Crippen LogP contribution in [0.15, 0.2) is 47.5 Å². The molecular weight excluding hydrogens is 423 g/mol. The third-order valence-corrected chi connectivity index (χ3v) is 4.91. The second-order valence-electron chi connectivity index (χ2n) is 6.68. The number of benzene rings is 1. The molecule has 1 amide bonds. The van der Waals surface area contributed by atoms with Gasteiger partial charge in [0.25, 0.3) is 11.5 Å². The van der Waals surface area contributed by atoms with Gasteiger partial charge in [0, 0.05) is 29.7 Å². The minimum absolute atomic E-state index is 0.0741. The standard InChI is InChI=1S/C20H17ClF3N3O3/c1-11(10-28)27-7-6-13-14(19(27)30)3-4-15(21)17(13)18(29)26-9-12-2-5-16(25-8-12)20(22,23)24/h2-8,11,28H,9-10H2,1H3,(H,26,29)/t11-/m1/s1. The molecule has 6 nitrogen and oxygen atoms in total. The molecule has 10 heteroatoms. The minimum atomic E-state index is -4.54. The average Bonchev–Trinajstić information content (AvgIpc) is 2.71. The van der Waals surface area contributed by atoms with Gasteiger partial charge >= 0.3 is 6.18 Å². The number of nitrogens with one attached hydrogen (secondary N) is 1. The largest absolute Gasteiger partial charge is 0.433 e. The minimum Gasteiger partial charge on any atom is -0.394 e. The van der Waals surface area contributed by atoms with Crippen molar-refractivity contribution in [2.75, 3.05) is 6.61 Å². The van der Waals surface area contributed by atoms with Crippen LogP contribution in [-0.4, -0.2) is 27.2 Å². The predicted molar refractivity (Wildman–Crippen MR) is 105 cm³/mol. The Labute approximate surface area is 173 Å². The number of aliphatic hydroxyl groups excluding tert-OH is 1. The molecule has 0 saturated heterocycles. The molecule has 1 aromatic carbocycles. The number of halogens is 4. The van der Waals surface area contributed by atoms with E-state index in [2.05, 4.69) is 10.3 Å². The lowest BCUT2D eigenvalue weighted by Crippen LogP contribution is -2.27. The summed E-state index contributed by atoms with van der Waals surface area (Å²) in [6, 6.07) is 6.09. The van der Waals surface area contributed by atoms with E-state index in [1.807, 2.05) is 0 Å². The molecule has 1 atom stereocenters. The van der Waals surface area contributed by atoms with Gasteiger partial charge in [-0.15, -0.1) is 0 Å². The zero-order chi connectivity index (χ0) is 22.1. The van der Waals surface area contributed by atoms with Gasteiger partial charge in [0.1, 0.15) is 5.69 Å². The van der Waals surface area contributed by atoms with Crippen LogP contribution >= 0.6 is 11.6 Å². The van der Waals surface area contributed by atoms with Gasteiger partial charge < -0.3 is 15.0 Å². The first-order valence-corrected chi connectivity index (χ1v) is 9.25. The zero-order valence-electron chi connectivity index (χ0n) is 15.7. The van der Waals surface area contributed by atoms with Crippen LogP contribution in [0.4, 0.5) is 13.2 Å². The average molecular weight is 440 g/mol. The van der Waals surface area contributed by atoms with Gasteiger partial charge in [0.05, 0.1) is 23.2 Å². The molecule has 0 unspecified atom stereocenters. The van der Waals surface area contributed by atoms with E-state index in [0.717, 1.165) is 12.3 Å². The maximum atomic E-state index is 12.7. The van der Waals surface area contributed by atoms with Crippen LogP contribution in [0.1, 0.15) is 34.6 Å². The summed E-state index contributed by atoms with van der Waals surface area (Å²) in [6.45, 7) is 1.37. The highest BCUT2D eigenvalue weighted by Crippen LogP contribution is 2.27. The van der Waals surface area contributed by atoms with Crippen LogP contribution in [0.3, 0.4) is 0 Å². The van der Waals surface area contributed by atoms with Crippen LogP contribution in [0.2, 0.25) is 5.02 Å². The van der Waals surface area contributed by atoms with Crippen LogP contribution in [0.5, 0.6) is 0 Å². The Kier molecular flexibility index (Phi) is 6.14. The van der Waals surface area contributed by atoms with E-state index < -0.39 is 23.8 Å². The summed E-state index contributed by atoms with van der Waals surface area (Å²) in [6.07, 6.45) is -2.04. The Balaban J connectivity index is 1.88. The van der Waals surface area contributed by atoms with Crippen molar-refractivity contribution in [3.05, 3.63) is 74.9 Å². The normalized spacial score (nSPS) is 12.7. The topological polar surface area (TPSA) is 84.2 Å². The smallest absolute Gasteiger partial charge is 0.394 e. The molecule has 0 fully saturated rings. The molecule has 158 valence electrons. The van der Waals surface area contributed by atoms with Crippen molar-refractivity contribution in [3.8, 4) is 0 Å². The number of aliphatic hydroxyl groups is 1. The Morgan fingerprint density at radius 3 is 2.57 bits per heavy atom. The molecule has 30 heavy (non-hydrogen) atoms. The highest BCUT2D eigenvalue weighted by molar-refractivity contribution is 6.35. The molecule has 3 rings (SSSR count). The Morgan fingerprint density at radius 2 is 1.97 bits per heavy atom. The Bertz CT molecular complexity index is 1140. The number of fused-ring (bicyclic) bond motifs is 1. The van der Waals surface area contributed by atoms with Crippen molar-refractivity contribution in [2.24, 2.45) is 0 Å². The number of rotatable bonds is 5. The lowest BCUT2D eigenvalue weighted by Gasteiger charge is -2.15. The molecule has 0 radical (unpaired) electrons. The molecule has 2 heterocycles. The van der Waals surface area contributed by atoms with Gasteiger partial charge in [-0.3, -0.25) is 14.6 Å². The fraction of sp³-hybridized carbons (Fsp3) is 0.250. The van der Waals surface area contributed by atoms with Crippen LogP contribution in [0.25, 0.3) is 10.8 Å². The first-order chi connectivity index (χ1) is 14.1. The quantitative estimate of drug-likeness (QED) is 0.636. The van der Waals surface area contributed by atoms with E-state index in [-0.39, 0.29) is 34.7 Å². The highest BCUT2D eigenvalue weighted by atomic mass is 35.5. The van der Waals surface area contributed by atoms with Crippen molar-refractivity contribution in [1.29, 1.82) is 0 Å². The fourth-order valence-corrected chi connectivity index (χ4v) is 3.20. The third kappa shape index (κ3) is 4.31. The number of carbonyl (C=O) groups is 1. The summed E-state index contributed by atoms with van der Waals surface area (Å²) in [5.41, 5.74) is -0.962. The van der Waals surface area contributed by atoms with Gasteiger partial charge in [0.2, 0.25) is 0 Å². The van der Waals surface area contributed by atoms with Crippen LogP contribution in [0, 0.1) is 0 Å². The van der Waals surface area contributed by atoms with Crippen molar-refractivity contribution in [1.82, 2.24) is 14.9 Å². The zero-order valence-corrected chi connectivity index (χ0v) is 16.5. The van der Waals surface area contributed by atoms with E-state index >= 15 is 0 Å². The molecule has 0 aliphatic heterocycles. The number of hydrogen-bond donors (Lipinski definition) is 2. The molecular formula is C20H17ClF3N3O3. The lowest BCUT2D eigenvalue weighted by molar-refractivity contribution is -0.141. The molecule has 0 bridgehead atoms. The molecule has 0 aliphatic rings. The first-order valence-electron chi connectivity index (χ1n) is 8.88. The summed E-state index contributed by atoms with van der Waals surface area (Å²) in [7, 11) is 0. The maximum absolute atomic E-state index is 12.7. The molecule has 2 N–H and O–H groups in total. The number of hydrogen-bond acceptors (Lipinski definition) is 4. The molecule has 0 spiro atoms. The van der Waals surface area contributed by atoms with Crippen molar-refractivity contribution in [3.63, 3.8) is 0 Å². The molecule has 0 aliphatic carbocycles. The lowest BCUT2D eigenvalue weighted by atomic mass is 10.0. The second-order valence-corrected chi connectivity index (χ2v) is 7.08. The molecule has 3 aromatic rings. The highest BCUT2D eigenvalue weighted by Gasteiger charge is 2.32. The second kappa shape index (κ2) is 8.45. The Morgan fingerprint density at radius 1 is 1.23 bits per heavy atom. The van der Waals surface area contributed by atoms with Crippen LogP contribution in [-0.2, 0) is 12.7 Å². The SMILES string of the molecule is C[C@H](CO)n1ccc2c(C(=O)NCc3ccc(C(F)(F)F)nc3)c(Cl)ccc2c1=O. The number of nitrogens with zero attached hydrogens (tertiary/aromatic N) is 2. The number of pyridine rings is 2. The predicted octanol–water partition coefficient (Wildman–Crippen LogP) is 3.55. The number of aromatic nitrogens is 2. The summed E-state index contributed by atoms with van der Waals surface area (Å²) in [4.78, 5) is 28.8. The first kappa shape index (κ1) is 21.8. The van der Waals surface area contributed by atoms with E-state index in [0.29, 0.717) is 10.9 Å². The number of carbonyl (C=O) groups excluding carboxylic acids is 1. The Hall–Kier alpha value is -2.91. The summed E-state index contributed by atoms with van der Waals surface area (Å²) in [5.74, 6) is -0.585. The van der Waals surface area contributed by atoms with E-state index in [4.69, 9.17) is 11.6 Å². The van der Waals surface area contributed by atoms with E-state index in [1.54, 1.807) is 13.0 Å². The number of alkyl halides is 3. The monoisotopic (exact) mass is 439 g/mol. The maximum Gasteiger partial charge on any atom is 0.433 e. The van der Waals surface area contributed by atoms with Gasteiger partial charge in [-0.1, -0.05) is 17.7 Å². The third-order valence-electron chi connectivity index (χ3n) is 4.60. The van der Waals surface area contributed by atoms with Crippen molar-refractivity contribution in [2.45, 2.75) is 25.7 Å². The van der Waals surface area contributed by atoms with Crippen LogP contribution < -0.4 is 10.9 Å². The summed E-state index contributed by atoms with van der Waals surface area (Å²) in [5, 5.41) is 12.6. The number of amides is 1. The summed E-state index contributed by atoms with van der Waals surface area (Å²) >= 11 is 6.19.